The molecule has 12 heavy (non-hydrogen) atoms. The standard InChI is InChI=1S/C9H16N2O/c1-8(6-10)11-5-3-4-9(11)7-12-2/h8-9H,3-5,7H2,1-2H3/t8?,9-/m0/s1. The number of rotatable bonds is 3. The van der Waals surface area contributed by atoms with Gasteiger partial charge in [-0.25, -0.2) is 0 Å². The first-order valence-electron chi connectivity index (χ1n) is 4.44. The normalized spacial score (nSPS) is 26.9. The summed E-state index contributed by atoms with van der Waals surface area (Å²) in [5.41, 5.74) is 0. The Morgan fingerprint density at radius 1 is 1.75 bits per heavy atom. The molecule has 3 nitrogen and oxygen atoms in total. The van der Waals surface area contributed by atoms with Crippen LogP contribution in [0.3, 0.4) is 0 Å². The van der Waals surface area contributed by atoms with Crippen LogP contribution in [0.25, 0.3) is 0 Å². The molecular weight excluding hydrogens is 152 g/mol. The second-order valence-corrected chi connectivity index (χ2v) is 3.29. The van der Waals surface area contributed by atoms with Crippen LogP contribution in [0.5, 0.6) is 0 Å². The van der Waals surface area contributed by atoms with Gasteiger partial charge in [0.15, 0.2) is 0 Å². The predicted octanol–water partition coefficient (Wildman–Crippen LogP) is 1.01. The number of methoxy groups -OCH3 is 1. The van der Waals surface area contributed by atoms with Crippen LogP contribution < -0.4 is 0 Å². The van der Waals surface area contributed by atoms with Crippen LogP contribution in [0.15, 0.2) is 0 Å². The third kappa shape index (κ3) is 1.96. The largest absolute Gasteiger partial charge is 0.383 e. The third-order valence-electron chi connectivity index (χ3n) is 2.47. The van der Waals surface area contributed by atoms with Crippen molar-refractivity contribution >= 4 is 0 Å². The summed E-state index contributed by atoms with van der Waals surface area (Å²) in [7, 11) is 1.72. The Balaban J connectivity index is 2.46. The summed E-state index contributed by atoms with van der Waals surface area (Å²) in [6.07, 6.45) is 2.36. The Morgan fingerprint density at radius 2 is 2.50 bits per heavy atom. The van der Waals surface area contributed by atoms with E-state index in [9.17, 15) is 0 Å². The Bertz CT molecular complexity index is 176. The molecule has 1 unspecified atom stereocenters. The van der Waals surface area contributed by atoms with E-state index >= 15 is 0 Å². The highest BCUT2D eigenvalue weighted by molar-refractivity contribution is 4.93. The van der Waals surface area contributed by atoms with Crippen LogP contribution in [-0.4, -0.2) is 37.2 Å². The molecule has 0 bridgehead atoms. The molecule has 1 rings (SSSR count). The quantitative estimate of drug-likeness (QED) is 0.631. The van der Waals surface area contributed by atoms with E-state index in [1.807, 2.05) is 6.92 Å². The minimum Gasteiger partial charge on any atom is -0.383 e. The van der Waals surface area contributed by atoms with Gasteiger partial charge in [0.1, 0.15) is 0 Å². The van der Waals surface area contributed by atoms with Crippen molar-refractivity contribution in [1.82, 2.24) is 4.90 Å². The topological polar surface area (TPSA) is 36.3 Å². The Hall–Kier alpha value is -0.590. The van der Waals surface area contributed by atoms with E-state index in [1.54, 1.807) is 7.11 Å². The van der Waals surface area contributed by atoms with Crippen LogP contribution in [0.4, 0.5) is 0 Å². The van der Waals surface area contributed by atoms with Gasteiger partial charge >= 0.3 is 0 Å². The van der Waals surface area contributed by atoms with Crippen molar-refractivity contribution in [2.24, 2.45) is 0 Å². The zero-order valence-corrected chi connectivity index (χ0v) is 7.79. The summed E-state index contributed by atoms with van der Waals surface area (Å²) in [4.78, 5) is 2.23. The van der Waals surface area contributed by atoms with Crippen molar-refractivity contribution in [2.45, 2.75) is 31.8 Å². The van der Waals surface area contributed by atoms with Crippen molar-refractivity contribution in [3.63, 3.8) is 0 Å². The van der Waals surface area contributed by atoms with E-state index in [-0.39, 0.29) is 6.04 Å². The first-order valence-corrected chi connectivity index (χ1v) is 4.44. The van der Waals surface area contributed by atoms with E-state index < -0.39 is 0 Å². The molecule has 0 aromatic carbocycles. The van der Waals surface area contributed by atoms with Gasteiger partial charge in [-0.15, -0.1) is 0 Å². The Kier molecular flexibility index (Phi) is 3.51. The molecule has 0 aromatic rings. The molecule has 0 radical (unpaired) electrons. The van der Waals surface area contributed by atoms with Crippen molar-refractivity contribution in [3.8, 4) is 6.07 Å². The highest BCUT2D eigenvalue weighted by atomic mass is 16.5. The van der Waals surface area contributed by atoms with Gasteiger partial charge in [-0.1, -0.05) is 0 Å². The molecule has 1 aliphatic heterocycles. The molecule has 1 heterocycles. The van der Waals surface area contributed by atoms with Gasteiger partial charge in [-0.2, -0.15) is 5.26 Å². The van der Waals surface area contributed by atoms with Crippen LogP contribution >= 0.6 is 0 Å². The fraction of sp³-hybridized carbons (Fsp3) is 0.889. The van der Waals surface area contributed by atoms with Gasteiger partial charge in [0.25, 0.3) is 0 Å². The molecule has 3 heteroatoms. The lowest BCUT2D eigenvalue weighted by Gasteiger charge is -2.25. The Labute approximate surface area is 73.9 Å². The number of nitriles is 1. The third-order valence-corrected chi connectivity index (χ3v) is 2.47. The zero-order valence-electron chi connectivity index (χ0n) is 7.79. The van der Waals surface area contributed by atoms with E-state index in [4.69, 9.17) is 10.00 Å². The molecule has 2 atom stereocenters. The summed E-state index contributed by atoms with van der Waals surface area (Å²) in [5, 5.41) is 8.75. The van der Waals surface area contributed by atoms with Crippen LogP contribution in [-0.2, 0) is 4.74 Å². The maximum Gasteiger partial charge on any atom is 0.0952 e. The van der Waals surface area contributed by atoms with E-state index in [2.05, 4.69) is 11.0 Å². The highest BCUT2D eigenvalue weighted by Gasteiger charge is 2.27. The van der Waals surface area contributed by atoms with E-state index in [1.165, 1.54) is 12.8 Å². The minimum atomic E-state index is 0.0349. The lowest BCUT2D eigenvalue weighted by Crippen LogP contribution is -2.38. The monoisotopic (exact) mass is 168 g/mol. The van der Waals surface area contributed by atoms with Gasteiger partial charge in [-0.3, -0.25) is 4.90 Å². The van der Waals surface area contributed by atoms with Gasteiger partial charge in [0.2, 0.25) is 0 Å². The van der Waals surface area contributed by atoms with Gasteiger partial charge in [0, 0.05) is 13.2 Å². The summed E-state index contributed by atoms with van der Waals surface area (Å²) in [6.45, 7) is 3.75. The summed E-state index contributed by atoms with van der Waals surface area (Å²) >= 11 is 0. The fourth-order valence-electron chi connectivity index (χ4n) is 1.81. The van der Waals surface area contributed by atoms with Crippen LogP contribution in [0.1, 0.15) is 19.8 Å². The van der Waals surface area contributed by atoms with Crippen molar-refractivity contribution in [3.05, 3.63) is 0 Å². The number of hydrogen-bond donors (Lipinski definition) is 0. The van der Waals surface area contributed by atoms with Crippen molar-refractivity contribution in [1.29, 1.82) is 5.26 Å². The molecule has 0 aliphatic carbocycles. The molecule has 0 saturated carbocycles. The minimum absolute atomic E-state index is 0.0349. The average molecular weight is 168 g/mol. The van der Waals surface area contributed by atoms with Gasteiger partial charge in [-0.05, 0) is 26.3 Å². The lowest BCUT2D eigenvalue weighted by molar-refractivity contribution is 0.106. The molecule has 1 fully saturated rings. The molecule has 1 saturated heterocycles. The van der Waals surface area contributed by atoms with E-state index in [0.717, 1.165) is 13.2 Å². The first kappa shape index (κ1) is 9.50. The Morgan fingerprint density at radius 3 is 3.08 bits per heavy atom. The van der Waals surface area contributed by atoms with E-state index in [0.29, 0.717) is 6.04 Å². The van der Waals surface area contributed by atoms with Gasteiger partial charge < -0.3 is 4.74 Å². The molecule has 68 valence electrons. The van der Waals surface area contributed by atoms with Crippen LogP contribution in [0.2, 0.25) is 0 Å². The molecule has 0 amide bonds. The number of nitrogens with zero attached hydrogens (tertiary/aromatic N) is 2. The summed E-state index contributed by atoms with van der Waals surface area (Å²) in [5.74, 6) is 0. The number of hydrogen-bond acceptors (Lipinski definition) is 3. The van der Waals surface area contributed by atoms with Crippen molar-refractivity contribution < 1.29 is 4.74 Å². The predicted molar refractivity (Wildman–Crippen MR) is 46.7 cm³/mol. The molecule has 1 aliphatic rings. The highest BCUT2D eigenvalue weighted by Crippen LogP contribution is 2.19. The maximum absolute atomic E-state index is 8.75. The van der Waals surface area contributed by atoms with Crippen LogP contribution in [0, 0.1) is 11.3 Å². The molecule has 0 spiro atoms. The zero-order chi connectivity index (χ0) is 8.97. The molecular formula is C9H16N2O. The summed E-state index contributed by atoms with van der Waals surface area (Å²) in [6, 6.07) is 2.76. The van der Waals surface area contributed by atoms with Crippen molar-refractivity contribution in [2.75, 3.05) is 20.3 Å². The molecule has 0 aromatic heterocycles. The first-order chi connectivity index (χ1) is 5.79. The summed E-state index contributed by atoms with van der Waals surface area (Å²) < 4.78 is 5.10. The smallest absolute Gasteiger partial charge is 0.0952 e. The number of likely N-dealkylation sites (tertiary alicyclic amines) is 1. The second-order valence-electron chi connectivity index (χ2n) is 3.29. The fourth-order valence-corrected chi connectivity index (χ4v) is 1.81. The number of ether oxygens (including phenoxy) is 1. The average Bonchev–Trinajstić information content (AvgIpc) is 2.52. The van der Waals surface area contributed by atoms with Gasteiger partial charge in [0.05, 0.1) is 18.7 Å². The molecule has 0 N–H and O–H groups in total. The second kappa shape index (κ2) is 4.44. The lowest BCUT2D eigenvalue weighted by atomic mass is 10.2. The maximum atomic E-state index is 8.75. The SMILES string of the molecule is COC[C@@H]1CCCN1C(C)C#N.